The van der Waals surface area contributed by atoms with Crippen LogP contribution in [0.3, 0.4) is 0 Å². The first kappa shape index (κ1) is 16.4. The highest BCUT2D eigenvalue weighted by atomic mass is 16.5. The first-order valence-electron chi connectivity index (χ1n) is 8.28. The molecule has 1 fully saturated rings. The highest BCUT2D eigenvalue weighted by Gasteiger charge is 2.41. The van der Waals surface area contributed by atoms with Gasteiger partial charge in [0.2, 0.25) is 0 Å². The molecular formula is C18H27N3O2. The molecule has 2 heterocycles. The number of morpholine rings is 1. The highest BCUT2D eigenvalue weighted by Crippen LogP contribution is 2.39. The largest absolute Gasteiger partial charge is 0.387 e. The lowest BCUT2D eigenvalue weighted by Gasteiger charge is -2.44. The van der Waals surface area contributed by atoms with E-state index in [1.54, 1.807) is 7.11 Å². The van der Waals surface area contributed by atoms with Gasteiger partial charge in [0.25, 0.3) is 0 Å². The molecule has 0 saturated carbocycles. The Labute approximate surface area is 138 Å². The van der Waals surface area contributed by atoms with Gasteiger partial charge in [-0.3, -0.25) is 4.90 Å². The molecule has 126 valence electrons. The van der Waals surface area contributed by atoms with Gasteiger partial charge in [-0.15, -0.1) is 0 Å². The van der Waals surface area contributed by atoms with Gasteiger partial charge in [-0.1, -0.05) is 12.2 Å². The molecule has 3 atom stereocenters. The van der Waals surface area contributed by atoms with E-state index >= 15 is 0 Å². The number of aliphatic imine (C=N–C) groups is 1. The van der Waals surface area contributed by atoms with Crippen molar-refractivity contribution in [1.82, 2.24) is 4.90 Å². The van der Waals surface area contributed by atoms with Crippen molar-refractivity contribution >= 4 is 5.84 Å². The minimum Gasteiger partial charge on any atom is -0.387 e. The Morgan fingerprint density at radius 1 is 1.43 bits per heavy atom. The predicted molar refractivity (Wildman–Crippen MR) is 92.3 cm³/mol. The van der Waals surface area contributed by atoms with Gasteiger partial charge in [-0.2, -0.15) is 0 Å². The Balaban J connectivity index is 2.08. The maximum absolute atomic E-state index is 6.35. The van der Waals surface area contributed by atoms with Gasteiger partial charge in [0.1, 0.15) is 5.84 Å². The molecule has 0 aromatic carbocycles. The number of hydrogen-bond donors (Lipinski definition) is 1. The summed E-state index contributed by atoms with van der Waals surface area (Å²) in [6.07, 6.45) is 3.21. The number of rotatable bonds is 3. The monoisotopic (exact) mass is 317 g/mol. The molecule has 2 aliphatic heterocycles. The Kier molecular flexibility index (Phi) is 4.71. The maximum atomic E-state index is 6.35. The number of fused-ring (bicyclic) bond motifs is 1. The van der Waals surface area contributed by atoms with Crippen LogP contribution in [0.25, 0.3) is 0 Å². The Morgan fingerprint density at radius 2 is 2.13 bits per heavy atom. The van der Waals surface area contributed by atoms with Crippen LogP contribution in [0.15, 0.2) is 40.1 Å². The number of hydrogen-bond acceptors (Lipinski definition) is 5. The van der Waals surface area contributed by atoms with E-state index < -0.39 is 0 Å². The minimum atomic E-state index is 0.0477. The van der Waals surface area contributed by atoms with Crippen LogP contribution in [0.4, 0.5) is 0 Å². The Morgan fingerprint density at radius 3 is 2.74 bits per heavy atom. The van der Waals surface area contributed by atoms with E-state index in [-0.39, 0.29) is 18.1 Å². The summed E-state index contributed by atoms with van der Waals surface area (Å²) in [5, 5.41) is 0. The van der Waals surface area contributed by atoms with Crippen molar-refractivity contribution in [2.75, 3.05) is 33.4 Å². The Bertz CT molecular complexity index is 585. The average molecular weight is 317 g/mol. The third-order valence-corrected chi connectivity index (χ3v) is 5.02. The zero-order valence-electron chi connectivity index (χ0n) is 14.3. The van der Waals surface area contributed by atoms with E-state index in [4.69, 9.17) is 20.2 Å². The van der Waals surface area contributed by atoms with Gasteiger partial charge in [0.05, 0.1) is 37.0 Å². The van der Waals surface area contributed by atoms with Crippen LogP contribution in [-0.4, -0.2) is 56.3 Å². The van der Waals surface area contributed by atoms with E-state index in [1.807, 2.05) is 6.92 Å². The lowest BCUT2D eigenvalue weighted by Crippen LogP contribution is -2.53. The number of nitrogens with zero attached hydrogens (tertiary/aromatic N) is 2. The van der Waals surface area contributed by atoms with Gasteiger partial charge in [-0.05, 0) is 31.1 Å². The first-order valence-corrected chi connectivity index (χ1v) is 8.28. The fraction of sp³-hybridized carbons (Fsp3) is 0.611. The molecule has 1 aliphatic carbocycles. The van der Waals surface area contributed by atoms with Gasteiger partial charge >= 0.3 is 0 Å². The lowest BCUT2D eigenvalue weighted by molar-refractivity contribution is 0.0188. The average Bonchev–Trinajstić information content (AvgIpc) is 2.54. The molecule has 2 N–H and O–H groups in total. The maximum Gasteiger partial charge on any atom is 0.109 e. The SMILES string of the molecule is C=C(C)C1C(N)=NC2=C(C)CC(OC)C=C2C1N1CCOCC1. The fourth-order valence-corrected chi connectivity index (χ4v) is 3.86. The molecule has 5 heteroatoms. The second-order valence-electron chi connectivity index (χ2n) is 6.68. The Hall–Kier alpha value is -1.43. The number of nitrogens with two attached hydrogens (primary N) is 1. The van der Waals surface area contributed by atoms with Crippen molar-refractivity contribution in [3.8, 4) is 0 Å². The van der Waals surface area contributed by atoms with Crippen molar-refractivity contribution in [3.05, 3.63) is 35.1 Å². The third-order valence-electron chi connectivity index (χ3n) is 5.02. The van der Waals surface area contributed by atoms with Gasteiger partial charge in [0, 0.05) is 26.6 Å². The summed E-state index contributed by atoms with van der Waals surface area (Å²) in [6, 6.07) is 0.178. The molecular weight excluding hydrogens is 290 g/mol. The molecule has 0 radical (unpaired) electrons. The van der Waals surface area contributed by atoms with E-state index in [2.05, 4.69) is 24.5 Å². The number of ether oxygens (including phenoxy) is 2. The second kappa shape index (κ2) is 6.59. The molecule has 0 bridgehead atoms. The summed E-state index contributed by atoms with van der Waals surface area (Å²) in [7, 11) is 1.76. The fourth-order valence-electron chi connectivity index (χ4n) is 3.86. The van der Waals surface area contributed by atoms with Gasteiger partial charge in [-0.25, -0.2) is 4.99 Å². The summed E-state index contributed by atoms with van der Waals surface area (Å²) >= 11 is 0. The van der Waals surface area contributed by atoms with Crippen LogP contribution in [0.2, 0.25) is 0 Å². The quantitative estimate of drug-likeness (QED) is 0.807. The molecule has 3 unspecified atom stereocenters. The minimum absolute atomic E-state index is 0.0477. The number of amidine groups is 1. The predicted octanol–water partition coefficient (Wildman–Crippen LogP) is 1.87. The standard InChI is InChI=1S/C18H27N3O2/c1-11(2)15-17(21-5-7-23-8-6-21)14-10-13(22-4)9-12(3)16(14)20-18(15)19/h10,13,15,17H,1,5-9H2,2-4H3,(H2,19,20). The van der Waals surface area contributed by atoms with E-state index in [0.29, 0.717) is 5.84 Å². The van der Waals surface area contributed by atoms with Crippen LogP contribution in [0.1, 0.15) is 20.3 Å². The van der Waals surface area contributed by atoms with Crippen molar-refractivity contribution in [2.45, 2.75) is 32.4 Å². The van der Waals surface area contributed by atoms with E-state index in [9.17, 15) is 0 Å². The molecule has 3 aliphatic rings. The van der Waals surface area contributed by atoms with Crippen LogP contribution >= 0.6 is 0 Å². The summed E-state index contributed by atoms with van der Waals surface area (Å²) in [4.78, 5) is 7.19. The molecule has 0 aromatic rings. The zero-order valence-corrected chi connectivity index (χ0v) is 14.3. The zero-order chi connectivity index (χ0) is 16.6. The highest BCUT2D eigenvalue weighted by molar-refractivity contribution is 5.90. The van der Waals surface area contributed by atoms with Crippen LogP contribution < -0.4 is 5.73 Å². The smallest absolute Gasteiger partial charge is 0.109 e. The molecule has 0 aromatic heterocycles. The van der Waals surface area contributed by atoms with E-state index in [0.717, 1.165) is 44.0 Å². The topological polar surface area (TPSA) is 60.1 Å². The van der Waals surface area contributed by atoms with Crippen LogP contribution in [0.5, 0.6) is 0 Å². The normalized spacial score (nSPS) is 32.2. The lowest BCUT2D eigenvalue weighted by atomic mass is 9.78. The van der Waals surface area contributed by atoms with E-state index in [1.165, 1.54) is 11.1 Å². The molecule has 0 spiro atoms. The molecule has 1 saturated heterocycles. The van der Waals surface area contributed by atoms with Crippen molar-refractivity contribution < 1.29 is 9.47 Å². The van der Waals surface area contributed by atoms with Gasteiger partial charge < -0.3 is 15.2 Å². The molecule has 23 heavy (non-hydrogen) atoms. The summed E-state index contributed by atoms with van der Waals surface area (Å²) in [5.41, 5.74) is 10.9. The van der Waals surface area contributed by atoms with Crippen molar-refractivity contribution in [3.63, 3.8) is 0 Å². The van der Waals surface area contributed by atoms with Crippen molar-refractivity contribution in [1.29, 1.82) is 0 Å². The summed E-state index contributed by atoms with van der Waals surface area (Å²) in [5.74, 6) is 0.725. The second-order valence-corrected chi connectivity index (χ2v) is 6.68. The summed E-state index contributed by atoms with van der Waals surface area (Å²) < 4.78 is 11.1. The molecule has 5 nitrogen and oxygen atoms in total. The molecule has 3 rings (SSSR count). The number of methoxy groups -OCH3 is 1. The van der Waals surface area contributed by atoms with Crippen LogP contribution in [-0.2, 0) is 9.47 Å². The van der Waals surface area contributed by atoms with Crippen LogP contribution in [0, 0.1) is 5.92 Å². The van der Waals surface area contributed by atoms with Gasteiger partial charge in [0.15, 0.2) is 0 Å². The first-order chi connectivity index (χ1) is 11.0. The third kappa shape index (κ3) is 3.01. The molecule has 0 amide bonds. The summed E-state index contributed by atoms with van der Waals surface area (Å²) in [6.45, 7) is 11.7. The van der Waals surface area contributed by atoms with Crippen molar-refractivity contribution in [2.24, 2.45) is 16.6 Å².